The Labute approximate surface area is 200 Å². The summed E-state index contributed by atoms with van der Waals surface area (Å²) in [5, 5.41) is 12.8. The summed E-state index contributed by atoms with van der Waals surface area (Å²) in [6.07, 6.45) is 1.38. The molecule has 0 saturated heterocycles. The van der Waals surface area contributed by atoms with Crippen LogP contribution in [0.1, 0.15) is 32.6 Å². The van der Waals surface area contributed by atoms with Crippen molar-refractivity contribution in [3.8, 4) is 5.75 Å². The lowest BCUT2D eigenvalue weighted by Crippen LogP contribution is -2.55. The van der Waals surface area contributed by atoms with Crippen molar-refractivity contribution >= 4 is 17.6 Å². The predicted molar refractivity (Wildman–Crippen MR) is 133 cm³/mol. The molecule has 34 heavy (non-hydrogen) atoms. The van der Waals surface area contributed by atoms with E-state index in [4.69, 9.17) is 4.74 Å². The number of hydrogen-bond donors (Lipinski definition) is 2. The molecule has 0 heterocycles. The summed E-state index contributed by atoms with van der Waals surface area (Å²) in [5.74, 6) is -0.781. The first-order valence-corrected chi connectivity index (χ1v) is 11.4. The molecule has 176 valence electrons. The highest BCUT2D eigenvalue weighted by Crippen LogP contribution is 2.32. The Morgan fingerprint density at radius 3 is 2.35 bits per heavy atom. The van der Waals surface area contributed by atoms with Crippen LogP contribution in [-0.2, 0) is 24.1 Å². The normalized spacial score (nSPS) is 13.7. The molecule has 2 N–H and O–H groups in total. The molecule has 0 atom stereocenters. The monoisotopic (exact) mass is 458 g/mol. The van der Waals surface area contributed by atoms with E-state index in [2.05, 4.69) is 41.4 Å². The van der Waals surface area contributed by atoms with Gasteiger partial charge in [0, 0.05) is 32.0 Å². The Hall–Kier alpha value is -3.80. The second-order valence-electron chi connectivity index (χ2n) is 9.01. The van der Waals surface area contributed by atoms with Crippen LogP contribution in [0.15, 0.2) is 66.7 Å². The van der Waals surface area contributed by atoms with Crippen LogP contribution in [0.25, 0.3) is 0 Å². The number of carbonyl (C=O) groups is 2. The minimum Gasteiger partial charge on any atom is -0.495 e. The minimum atomic E-state index is -1.35. The summed E-state index contributed by atoms with van der Waals surface area (Å²) in [6, 6.07) is 21.2. The summed E-state index contributed by atoms with van der Waals surface area (Å²) in [6.45, 7) is 2.81. The van der Waals surface area contributed by atoms with Gasteiger partial charge in [0.15, 0.2) is 0 Å². The van der Waals surface area contributed by atoms with Crippen LogP contribution in [0, 0.1) is 6.92 Å². The highest BCUT2D eigenvalue weighted by Gasteiger charge is 2.45. The topological polar surface area (TPSA) is 78.9 Å². The van der Waals surface area contributed by atoms with Gasteiger partial charge in [-0.25, -0.2) is 4.79 Å². The molecule has 0 unspecified atom stereocenters. The van der Waals surface area contributed by atoms with Gasteiger partial charge < -0.3 is 20.1 Å². The number of fused-ring (bicyclic) bond motifs is 1. The molecular formula is C28H30N2O4. The zero-order chi connectivity index (χ0) is 24.3. The van der Waals surface area contributed by atoms with E-state index in [1.54, 1.807) is 25.3 Å². The third-order valence-corrected chi connectivity index (χ3v) is 6.54. The number of methoxy groups -OCH3 is 1. The van der Waals surface area contributed by atoms with Crippen molar-refractivity contribution in [1.29, 1.82) is 0 Å². The first-order chi connectivity index (χ1) is 16.3. The molecular weight excluding hydrogens is 428 g/mol. The van der Waals surface area contributed by atoms with Crippen molar-refractivity contribution in [3.05, 3.63) is 94.5 Å². The molecule has 1 aliphatic rings. The number of carbonyl (C=O) groups excluding carboxylic acids is 1. The maximum atomic E-state index is 13.2. The van der Waals surface area contributed by atoms with Crippen LogP contribution in [-0.4, -0.2) is 43.2 Å². The second-order valence-corrected chi connectivity index (χ2v) is 9.01. The summed E-state index contributed by atoms with van der Waals surface area (Å²) in [5.41, 5.74) is 4.20. The minimum absolute atomic E-state index is 0.268. The van der Waals surface area contributed by atoms with Gasteiger partial charge in [0.25, 0.3) is 5.91 Å². The Morgan fingerprint density at radius 2 is 1.74 bits per heavy atom. The number of nitrogens with zero attached hydrogens (tertiary/aromatic N) is 1. The predicted octanol–water partition coefficient (Wildman–Crippen LogP) is 4.03. The molecule has 1 aliphatic carbocycles. The Balaban J connectivity index is 1.53. The van der Waals surface area contributed by atoms with Gasteiger partial charge in [-0.2, -0.15) is 0 Å². The van der Waals surface area contributed by atoms with Crippen molar-refractivity contribution in [1.82, 2.24) is 5.32 Å². The molecule has 0 fully saturated rings. The molecule has 4 rings (SSSR count). The van der Waals surface area contributed by atoms with Gasteiger partial charge in [-0.15, -0.1) is 0 Å². The first kappa shape index (κ1) is 23.4. The van der Waals surface area contributed by atoms with Crippen LogP contribution < -0.4 is 15.0 Å². The van der Waals surface area contributed by atoms with Crippen molar-refractivity contribution in [2.24, 2.45) is 0 Å². The van der Waals surface area contributed by atoms with E-state index in [-0.39, 0.29) is 12.8 Å². The molecule has 0 aliphatic heterocycles. The number of anilines is 1. The first-order valence-electron chi connectivity index (χ1n) is 11.4. The third-order valence-electron chi connectivity index (χ3n) is 6.54. The van der Waals surface area contributed by atoms with Gasteiger partial charge in [-0.3, -0.25) is 4.79 Å². The maximum Gasteiger partial charge on any atom is 0.330 e. The van der Waals surface area contributed by atoms with E-state index in [1.807, 2.05) is 31.3 Å². The fraction of sp³-hybridized carbons (Fsp3) is 0.286. The van der Waals surface area contributed by atoms with E-state index in [0.29, 0.717) is 11.3 Å². The number of hydrogen-bond acceptors (Lipinski definition) is 4. The molecule has 0 spiro atoms. The zero-order valence-corrected chi connectivity index (χ0v) is 19.8. The summed E-state index contributed by atoms with van der Waals surface area (Å²) >= 11 is 0. The molecule has 3 aromatic rings. The smallest absolute Gasteiger partial charge is 0.330 e. The lowest BCUT2D eigenvalue weighted by Gasteiger charge is -2.26. The highest BCUT2D eigenvalue weighted by molar-refractivity contribution is 5.99. The SMILES string of the molecule is COc1ccc(C(=O)NC2(C(=O)O)Cc3ccccc3C2)cc1N(C)CCc1cccc(C)c1. The van der Waals surface area contributed by atoms with Crippen molar-refractivity contribution in [2.45, 2.75) is 31.7 Å². The molecule has 0 radical (unpaired) electrons. The highest BCUT2D eigenvalue weighted by atomic mass is 16.5. The third kappa shape index (κ3) is 4.76. The molecule has 3 aromatic carbocycles. The fourth-order valence-electron chi connectivity index (χ4n) is 4.61. The quantitative estimate of drug-likeness (QED) is 0.533. The van der Waals surface area contributed by atoms with Crippen LogP contribution in [0.4, 0.5) is 5.69 Å². The van der Waals surface area contributed by atoms with Gasteiger partial charge in [-0.1, -0.05) is 54.1 Å². The largest absolute Gasteiger partial charge is 0.495 e. The van der Waals surface area contributed by atoms with Crippen LogP contribution in [0.2, 0.25) is 0 Å². The number of benzene rings is 3. The van der Waals surface area contributed by atoms with Gasteiger partial charge in [0.1, 0.15) is 11.3 Å². The van der Waals surface area contributed by atoms with Gasteiger partial charge in [-0.05, 0) is 48.2 Å². The standard InChI is InChI=1S/C28H30N2O4/c1-19-7-6-8-20(15-19)13-14-30(2)24-16-21(11-12-25(24)34-3)26(31)29-28(27(32)33)17-22-9-4-5-10-23(22)18-28/h4-12,15-16H,13-14,17-18H2,1-3H3,(H,29,31)(H,32,33). The maximum absolute atomic E-state index is 13.2. The molecule has 0 saturated carbocycles. The number of nitrogens with one attached hydrogen (secondary N) is 1. The Morgan fingerprint density at radius 1 is 1.03 bits per heavy atom. The lowest BCUT2D eigenvalue weighted by molar-refractivity contribution is -0.144. The number of aliphatic carboxylic acids is 1. The molecule has 1 amide bonds. The van der Waals surface area contributed by atoms with E-state index >= 15 is 0 Å². The van der Waals surface area contributed by atoms with Gasteiger partial charge in [0.05, 0.1) is 12.8 Å². The zero-order valence-electron chi connectivity index (χ0n) is 19.8. The molecule has 0 bridgehead atoms. The lowest BCUT2D eigenvalue weighted by atomic mass is 9.95. The van der Waals surface area contributed by atoms with E-state index in [0.717, 1.165) is 29.8 Å². The molecule has 6 heteroatoms. The number of aryl methyl sites for hydroxylation is 1. The Bertz CT molecular complexity index is 1200. The number of rotatable bonds is 8. The summed E-state index contributed by atoms with van der Waals surface area (Å²) < 4.78 is 5.54. The van der Waals surface area contributed by atoms with Crippen molar-refractivity contribution in [2.75, 3.05) is 25.6 Å². The van der Waals surface area contributed by atoms with E-state index < -0.39 is 17.4 Å². The van der Waals surface area contributed by atoms with E-state index in [1.165, 1.54) is 11.1 Å². The average Bonchev–Trinajstić information content (AvgIpc) is 3.21. The van der Waals surface area contributed by atoms with Crippen LogP contribution in [0.3, 0.4) is 0 Å². The number of amides is 1. The van der Waals surface area contributed by atoms with Gasteiger partial charge in [0.2, 0.25) is 0 Å². The summed E-state index contributed by atoms with van der Waals surface area (Å²) in [7, 11) is 3.56. The fourth-order valence-corrected chi connectivity index (χ4v) is 4.61. The van der Waals surface area contributed by atoms with Gasteiger partial charge >= 0.3 is 5.97 Å². The van der Waals surface area contributed by atoms with Crippen molar-refractivity contribution in [3.63, 3.8) is 0 Å². The van der Waals surface area contributed by atoms with E-state index in [9.17, 15) is 14.7 Å². The summed E-state index contributed by atoms with van der Waals surface area (Å²) in [4.78, 5) is 27.5. The number of carboxylic acids is 1. The average molecular weight is 459 g/mol. The number of ether oxygens (including phenoxy) is 1. The Kier molecular flexibility index (Phi) is 6.59. The second kappa shape index (κ2) is 9.59. The molecule has 6 nitrogen and oxygen atoms in total. The molecule has 0 aromatic heterocycles. The number of likely N-dealkylation sites (N-methyl/N-ethyl adjacent to an activating group) is 1. The van der Waals surface area contributed by atoms with Crippen molar-refractivity contribution < 1.29 is 19.4 Å². The number of carboxylic acid groups (broad SMARTS) is 1. The van der Waals surface area contributed by atoms with Crippen LogP contribution in [0.5, 0.6) is 5.75 Å². The van der Waals surface area contributed by atoms with Crippen LogP contribution >= 0.6 is 0 Å².